The van der Waals surface area contributed by atoms with Gasteiger partial charge >= 0.3 is 0 Å². The number of nitrogens with one attached hydrogen (secondary N) is 1. The molecule has 0 aromatic heterocycles. The van der Waals surface area contributed by atoms with Gasteiger partial charge in [-0.3, -0.25) is 0 Å². The number of benzene rings is 1. The molecule has 1 aliphatic heterocycles. The van der Waals surface area contributed by atoms with Crippen LogP contribution in [0, 0.1) is 5.82 Å². The molecule has 1 saturated heterocycles. The molecule has 1 aromatic carbocycles. The van der Waals surface area contributed by atoms with Crippen molar-refractivity contribution < 1.29 is 4.39 Å². The first-order chi connectivity index (χ1) is 6.27. The van der Waals surface area contributed by atoms with Crippen molar-refractivity contribution in [2.45, 2.75) is 18.9 Å². The number of hydrogen-bond acceptors (Lipinski definition) is 1. The zero-order chi connectivity index (χ0) is 9.26. The Morgan fingerprint density at radius 1 is 1.43 bits per heavy atom. The summed E-state index contributed by atoms with van der Waals surface area (Å²) < 4.78 is 13.7. The van der Waals surface area contributed by atoms with Crippen LogP contribution in [0.2, 0.25) is 0 Å². The number of rotatable bonds is 1. The van der Waals surface area contributed by atoms with Gasteiger partial charge in [0.15, 0.2) is 0 Å². The monoisotopic (exact) mass is 279 g/mol. The van der Waals surface area contributed by atoms with Gasteiger partial charge in [-0.25, -0.2) is 4.39 Å². The minimum absolute atomic E-state index is 0. The molecular formula is C10H12BrClFN. The van der Waals surface area contributed by atoms with Crippen LogP contribution in [0.15, 0.2) is 22.7 Å². The van der Waals surface area contributed by atoms with Gasteiger partial charge in [-0.05, 0) is 37.1 Å². The molecule has 0 amide bonds. The highest BCUT2D eigenvalue weighted by atomic mass is 79.9. The summed E-state index contributed by atoms with van der Waals surface area (Å²) >= 11 is 3.38. The highest BCUT2D eigenvalue weighted by molar-refractivity contribution is 9.10. The second-order valence-electron chi connectivity index (χ2n) is 3.31. The Morgan fingerprint density at radius 2 is 2.21 bits per heavy atom. The van der Waals surface area contributed by atoms with Crippen LogP contribution >= 0.6 is 28.3 Å². The van der Waals surface area contributed by atoms with Crippen LogP contribution in [-0.2, 0) is 0 Å². The molecule has 2 rings (SSSR count). The van der Waals surface area contributed by atoms with Crippen molar-refractivity contribution in [3.8, 4) is 0 Å². The van der Waals surface area contributed by atoms with Gasteiger partial charge in [0, 0.05) is 10.5 Å². The molecule has 0 saturated carbocycles. The first-order valence-electron chi connectivity index (χ1n) is 4.46. The fourth-order valence-electron chi connectivity index (χ4n) is 1.73. The third-order valence-corrected chi connectivity index (χ3v) is 3.08. The minimum atomic E-state index is -0.186. The average molecular weight is 281 g/mol. The lowest BCUT2D eigenvalue weighted by atomic mass is 10.1. The first-order valence-corrected chi connectivity index (χ1v) is 5.25. The van der Waals surface area contributed by atoms with Gasteiger partial charge in [0.05, 0.1) is 0 Å². The Kier molecular flexibility index (Phi) is 4.35. The molecular weight excluding hydrogens is 268 g/mol. The van der Waals surface area contributed by atoms with E-state index in [1.807, 2.05) is 6.07 Å². The molecule has 1 fully saturated rings. The molecule has 4 heteroatoms. The maximum atomic E-state index is 12.8. The molecule has 1 atom stereocenters. The maximum Gasteiger partial charge on any atom is 0.124 e. The van der Waals surface area contributed by atoms with Gasteiger partial charge < -0.3 is 5.32 Å². The zero-order valence-electron chi connectivity index (χ0n) is 7.59. The second kappa shape index (κ2) is 5.10. The summed E-state index contributed by atoms with van der Waals surface area (Å²) in [6.07, 6.45) is 2.35. The van der Waals surface area contributed by atoms with Crippen molar-refractivity contribution in [2.75, 3.05) is 6.54 Å². The zero-order valence-corrected chi connectivity index (χ0v) is 10.00. The molecule has 1 aliphatic rings. The molecule has 1 aromatic rings. The minimum Gasteiger partial charge on any atom is -0.310 e. The highest BCUT2D eigenvalue weighted by Crippen LogP contribution is 2.29. The summed E-state index contributed by atoms with van der Waals surface area (Å²) in [5.41, 5.74) is 1.17. The van der Waals surface area contributed by atoms with Crippen LogP contribution in [-0.4, -0.2) is 6.54 Å². The molecule has 0 unspecified atom stereocenters. The predicted molar refractivity (Wildman–Crippen MR) is 61.3 cm³/mol. The van der Waals surface area contributed by atoms with E-state index in [1.165, 1.54) is 24.1 Å². The highest BCUT2D eigenvalue weighted by Gasteiger charge is 2.18. The fourth-order valence-corrected chi connectivity index (χ4v) is 2.36. The van der Waals surface area contributed by atoms with E-state index in [0.717, 1.165) is 17.4 Å². The third kappa shape index (κ3) is 2.47. The topological polar surface area (TPSA) is 12.0 Å². The van der Waals surface area contributed by atoms with Crippen molar-refractivity contribution in [3.05, 3.63) is 34.1 Å². The van der Waals surface area contributed by atoms with Crippen LogP contribution in [0.4, 0.5) is 4.39 Å². The van der Waals surface area contributed by atoms with E-state index in [1.54, 1.807) is 0 Å². The summed E-state index contributed by atoms with van der Waals surface area (Å²) in [7, 11) is 0. The second-order valence-corrected chi connectivity index (χ2v) is 4.17. The fraction of sp³-hybridized carbons (Fsp3) is 0.400. The van der Waals surface area contributed by atoms with Crippen molar-refractivity contribution in [3.63, 3.8) is 0 Å². The molecule has 0 aliphatic carbocycles. The average Bonchev–Trinajstić information content (AvgIpc) is 2.56. The first kappa shape index (κ1) is 12.0. The number of hydrogen-bond donors (Lipinski definition) is 1. The smallest absolute Gasteiger partial charge is 0.124 e. The van der Waals surface area contributed by atoms with Gasteiger partial charge in [-0.15, -0.1) is 12.4 Å². The van der Waals surface area contributed by atoms with Crippen LogP contribution < -0.4 is 5.32 Å². The summed E-state index contributed by atoms with van der Waals surface area (Å²) in [6, 6.07) is 5.28. The quantitative estimate of drug-likeness (QED) is 0.831. The van der Waals surface area contributed by atoms with Crippen LogP contribution in [0.5, 0.6) is 0 Å². The molecule has 14 heavy (non-hydrogen) atoms. The van der Waals surface area contributed by atoms with E-state index in [-0.39, 0.29) is 18.2 Å². The van der Waals surface area contributed by atoms with Gasteiger partial charge in [0.2, 0.25) is 0 Å². The summed E-state index contributed by atoms with van der Waals surface area (Å²) in [5, 5.41) is 3.38. The van der Waals surface area contributed by atoms with E-state index >= 15 is 0 Å². The van der Waals surface area contributed by atoms with Gasteiger partial charge in [-0.2, -0.15) is 0 Å². The van der Waals surface area contributed by atoms with Crippen molar-refractivity contribution >= 4 is 28.3 Å². The largest absolute Gasteiger partial charge is 0.310 e. The predicted octanol–water partition coefficient (Wildman–Crippen LogP) is 3.43. The normalized spacial score (nSPS) is 20.6. The van der Waals surface area contributed by atoms with Crippen molar-refractivity contribution in [2.24, 2.45) is 0 Å². The Hall–Kier alpha value is -0.120. The van der Waals surface area contributed by atoms with Gasteiger partial charge in [0.1, 0.15) is 5.82 Å². The molecule has 0 radical (unpaired) electrons. The third-order valence-electron chi connectivity index (χ3n) is 2.40. The van der Waals surface area contributed by atoms with Gasteiger partial charge in [0.25, 0.3) is 0 Å². The molecule has 1 heterocycles. The van der Waals surface area contributed by atoms with Crippen molar-refractivity contribution in [1.29, 1.82) is 0 Å². The van der Waals surface area contributed by atoms with Crippen LogP contribution in [0.3, 0.4) is 0 Å². The van der Waals surface area contributed by atoms with E-state index in [4.69, 9.17) is 0 Å². The molecule has 0 bridgehead atoms. The molecule has 0 spiro atoms. The van der Waals surface area contributed by atoms with E-state index < -0.39 is 0 Å². The molecule has 1 N–H and O–H groups in total. The standard InChI is InChI=1S/C10H11BrFN.ClH/c11-9-6-7(12)3-4-8(9)10-2-1-5-13-10;/h3-4,6,10,13H,1-2,5H2;1H/t10-;/m0./s1. The number of halogens is 3. The lowest BCUT2D eigenvalue weighted by molar-refractivity contribution is 0.615. The summed E-state index contributed by atoms with van der Waals surface area (Å²) in [6.45, 7) is 1.06. The molecule has 1 nitrogen and oxygen atoms in total. The summed E-state index contributed by atoms with van der Waals surface area (Å²) in [4.78, 5) is 0. The Labute approximate surface area is 97.6 Å². The van der Waals surface area contributed by atoms with Crippen molar-refractivity contribution in [1.82, 2.24) is 5.32 Å². The lowest BCUT2D eigenvalue weighted by Crippen LogP contribution is -2.13. The van der Waals surface area contributed by atoms with E-state index in [0.29, 0.717) is 6.04 Å². The Morgan fingerprint density at radius 3 is 2.79 bits per heavy atom. The lowest BCUT2D eigenvalue weighted by Gasteiger charge is -2.12. The maximum absolute atomic E-state index is 12.8. The van der Waals surface area contributed by atoms with Gasteiger partial charge in [-0.1, -0.05) is 22.0 Å². The van der Waals surface area contributed by atoms with Crippen LogP contribution in [0.25, 0.3) is 0 Å². The Bertz CT molecular complexity index is 313. The van der Waals surface area contributed by atoms with E-state index in [2.05, 4.69) is 21.2 Å². The van der Waals surface area contributed by atoms with E-state index in [9.17, 15) is 4.39 Å². The van der Waals surface area contributed by atoms with Crippen LogP contribution in [0.1, 0.15) is 24.4 Å². The summed E-state index contributed by atoms with van der Waals surface area (Å²) in [5.74, 6) is -0.186. The Balaban J connectivity index is 0.000000980. The molecule has 78 valence electrons. The SMILES string of the molecule is Cl.Fc1ccc([C@@H]2CCCN2)c(Br)c1.